The molecule has 1 aliphatic heterocycles. The molecule has 0 bridgehead atoms. The Morgan fingerprint density at radius 1 is 1.10 bits per heavy atom. The van der Waals surface area contributed by atoms with E-state index >= 15 is 0 Å². The summed E-state index contributed by atoms with van der Waals surface area (Å²) in [5, 5.41) is 10.6. The maximum Gasteiger partial charge on any atom is 0.269 e. The van der Waals surface area contributed by atoms with Gasteiger partial charge in [-0.2, -0.15) is 0 Å². The number of benzene rings is 2. The van der Waals surface area contributed by atoms with Crippen LogP contribution in [-0.4, -0.2) is 29.2 Å². The lowest BCUT2D eigenvalue weighted by molar-refractivity contribution is -0.384. The highest BCUT2D eigenvalue weighted by molar-refractivity contribution is 6.01. The Bertz CT molecular complexity index is 940. The smallest absolute Gasteiger partial charge is 0.269 e. The lowest BCUT2D eigenvalue weighted by Crippen LogP contribution is -2.45. The zero-order valence-electron chi connectivity index (χ0n) is 15.8. The zero-order chi connectivity index (χ0) is 21.0. The SMILES string of the molecule is CCc1ccc(N2C[C@@H](C(=O)NNC(=O)c3ccc([N+](=O)[O-])cc3)CC2=O)cc1. The van der Waals surface area contributed by atoms with Gasteiger partial charge in [0.25, 0.3) is 11.6 Å². The Kier molecular flexibility index (Phi) is 5.87. The minimum absolute atomic E-state index is 0.0504. The highest BCUT2D eigenvalue weighted by Crippen LogP contribution is 2.25. The van der Waals surface area contributed by atoms with Crippen LogP contribution in [0.15, 0.2) is 48.5 Å². The molecule has 3 rings (SSSR count). The van der Waals surface area contributed by atoms with Gasteiger partial charge in [0.15, 0.2) is 0 Å². The van der Waals surface area contributed by atoms with E-state index in [-0.39, 0.29) is 30.1 Å². The summed E-state index contributed by atoms with van der Waals surface area (Å²) in [6, 6.07) is 12.6. The molecule has 1 aliphatic rings. The fourth-order valence-corrected chi connectivity index (χ4v) is 3.07. The van der Waals surface area contributed by atoms with Crippen molar-refractivity contribution in [1.29, 1.82) is 0 Å². The van der Waals surface area contributed by atoms with Gasteiger partial charge in [-0.05, 0) is 36.2 Å². The van der Waals surface area contributed by atoms with Crippen molar-refractivity contribution < 1.29 is 19.3 Å². The lowest BCUT2D eigenvalue weighted by Gasteiger charge is -2.17. The third-order valence-corrected chi connectivity index (χ3v) is 4.79. The van der Waals surface area contributed by atoms with Crippen molar-refractivity contribution in [2.75, 3.05) is 11.4 Å². The molecule has 1 heterocycles. The fraction of sp³-hybridized carbons (Fsp3) is 0.250. The second kappa shape index (κ2) is 8.51. The molecule has 0 unspecified atom stereocenters. The molecule has 0 aromatic heterocycles. The summed E-state index contributed by atoms with van der Waals surface area (Å²) in [5.41, 5.74) is 6.51. The Hall–Kier alpha value is -3.75. The summed E-state index contributed by atoms with van der Waals surface area (Å²) >= 11 is 0. The van der Waals surface area contributed by atoms with Crippen LogP contribution < -0.4 is 15.8 Å². The maximum absolute atomic E-state index is 12.4. The van der Waals surface area contributed by atoms with Crippen LogP contribution in [0.25, 0.3) is 0 Å². The summed E-state index contributed by atoms with van der Waals surface area (Å²) < 4.78 is 0. The minimum atomic E-state index is -0.607. The number of carbonyl (C=O) groups excluding carboxylic acids is 3. The first-order valence-electron chi connectivity index (χ1n) is 9.13. The van der Waals surface area contributed by atoms with E-state index in [0.29, 0.717) is 0 Å². The summed E-state index contributed by atoms with van der Waals surface area (Å²) in [4.78, 5) is 48.4. The largest absolute Gasteiger partial charge is 0.312 e. The van der Waals surface area contributed by atoms with E-state index in [2.05, 4.69) is 10.9 Å². The van der Waals surface area contributed by atoms with E-state index in [9.17, 15) is 24.5 Å². The van der Waals surface area contributed by atoms with E-state index in [4.69, 9.17) is 0 Å². The van der Waals surface area contributed by atoms with E-state index in [1.165, 1.54) is 24.3 Å². The summed E-state index contributed by atoms with van der Waals surface area (Å²) in [7, 11) is 0. The Balaban J connectivity index is 1.56. The van der Waals surface area contributed by atoms with Gasteiger partial charge in [0.05, 0.1) is 10.8 Å². The van der Waals surface area contributed by atoms with E-state index < -0.39 is 22.7 Å². The van der Waals surface area contributed by atoms with E-state index in [0.717, 1.165) is 17.7 Å². The average Bonchev–Trinajstić information content (AvgIpc) is 3.13. The molecule has 9 nitrogen and oxygen atoms in total. The van der Waals surface area contributed by atoms with Gasteiger partial charge in [-0.15, -0.1) is 0 Å². The standard InChI is InChI=1S/C20H20N4O5/c1-2-13-3-7-16(8-4-13)23-12-15(11-18(23)25)20(27)22-21-19(26)14-5-9-17(10-6-14)24(28)29/h3-10,15H,2,11-12H2,1H3,(H,21,26)(H,22,27)/t15-/m0/s1. The molecule has 2 N–H and O–H groups in total. The van der Waals surface area contributed by atoms with Crippen LogP contribution in [0.3, 0.4) is 0 Å². The molecular formula is C20H20N4O5. The van der Waals surface area contributed by atoms with Crippen molar-refractivity contribution in [3.05, 3.63) is 69.8 Å². The number of anilines is 1. The number of carbonyl (C=O) groups is 3. The Labute approximate surface area is 166 Å². The van der Waals surface area contributed by atoms with Crippen LogP contribution in [0.2, 0.25) is 0 Å². The number of aryl methyl sites for hydroxylation is 1. The molecule has 9 heteroatoms. The topological polar surface area (TPSA) is 122 Å². The van der Waals surface area contributed by atoms with Gasteiger partial charge in [0.1, 0.15) is 0 Å². The number of rotatable bonds is 5. The molecule has 29 heavy (non-hydrogen) atoms. The second-order valence-electron chi connectivity index (χ2n) is 6.67. The Morgan fingerprint density at radius 3 is 2.34 bits per heavy atom. The predicted molar refractivity (Wildman–Crippen MR) is 105 cm³/mol. The number of nitro groups is 1. The average molecular weight is 396 g/mol. The fourth-order valence-electron chi connectivity index (χ4n) is 3.07. The third-order valence-electron chi connectivity index (χ3n) is 4.79. The lowest BCUT2D eigenvalue weighted by atomic mass is 10.1. The number of nitrogens with one attached hydrogen (secondary N) is 2. The van der Waals surface area contributed by atoms with Crippen LogP contribution in [0.1, 0.15) is 29.3 Å². The highest BCUT2D eigenvalue weighted by atomic mass is 16.6. The van der Waals surface area contributed by atoms with Crippen LogP contribution in [0.4, 0.5) is 11.4 Å². The van der Waals surface area contributed by atoms with Gasteiger partial charge < -0.3 is 4.90 Å². The van der Waals surface area contributed by atoms with Crippen LogP contribution >= 0.6 is 0 Å². The van der Waals surface area contributed by atoms with Crippen molar-refractivity contribution in [3.63, 3.8) is 0 Å². The van der Waals surface area contributed by atoms with Crippen molar-refractivity contribution >= 4 is 29.1 Å². The first kappa shape index (κ1) is 20.0. The number of nitrogens with zero attached hydrogens (tertiary/aromatic N) is 2. The molecule has 1 fully saturated rings. The molecule has 2 aromatic rings. The molecule has 3 amide bonds. The second-order valence-corrected chi connectivity index (χ2v) is 6.67. The molecule has 1 atom stereocenters. The number of hydrazine groups is 1. The van der Waals surface area contributed by atoms with Crippen molar-refractivity contribution in [2.45, 2.75) is 19.8 Å². The molecular weight excluding hydrogens is 376 g/mol. The van der Waals surface area contributed by atoms with Crippen molar-refractivity contribution in [3.8, 4) is 0 Å². The normalized spacial score (nSPS) is 15.8. The van der Waals surface area contributed by atoms with Gasteiger partial charge in [-0.3, -0.25) is 35.3 Å². The molecule has 2 aromatic carbocycles. The molecule has 0 saturated carbocycles. The van der Waals surface area contributed by atoms with Crippen LogP contribution in [-0.2, 0) is 16.0 Å². The number of hydrogen-bond acceptors (Lipinski definition) is 5. The monoisotopic (exact) mass is 396 g/mol. The minimum Gasteiger partial charge on any atom is -0.312 e. The maximum atomic E-state index is 12.4. The van der Waals surface area contributed by atoms with Crippen LogP contribution in [0.5, 0.6) is 0 Å². The predicted octanol–water partition coefficient (Wildman–Crippen LogP) is 1.97. The zero-order valence-corrected chi connectivity index (χ0v) is 15.8. The van der Waals surface area contributed by atoms with Gasteiger partial charge in [-0.25, -0.2) is 0 Å². The molecule has 0 aliphatic carbocycles. The van der Waals surface area contributed by atoms with Gasteiger partial charge in [0, 0.05) is 36.3 Å². The first-order chi connectivity index (χ1) is 13.9. The summed E-state index contributed by atoms with van der Waals surface area (Å²) in [6.07, 6.45) is 0.947. The number of amides is 3. The summed E-state index contributed by atoms with van der Waals surface area (Å²) in [5.74, 6) is -1.83. The Morgan fingerprint density at radius 2 is 1.76 bits per heavy atom. The molecule has 0 spiro atoms. The third kappa shape index (κ3) is 4.57. The van der Waals surface area contributed by atoms with Gasteiger partial charge in [-0.1, -0.05) is 19.1 Å². The quantitative estimate of drug-likeness (QED) is 0.591. The molecule has 0 radical (unpaired) electrons. The van der Waals surface area contributed by atoms with Crippen molar-refractivity contribution in [2.24, 2.45) is 5.92 Å². The highest BCUT2D eigenvalue weighted by Gasteiger charge is 2.35. The van der Waals surface area contributed by atoms with E-state index in [1.54, 1.807) is 4.90 Å². The number of hydrogen-bond donors (Lipinski definition) is 2. The number of non-ortho nitro benzene ring substituents is 1. The van der Waals surface area contributed by atoms with Gasteiger partial charge in [0.2, 0.25) is 11.8 Å². The number of nitro benzene ring substituents is 1. The molecule has 150 valence electrons. The summed E-state index contributed by atoms with van der Waals surface area (Å²) in [6.45, 7) is 2.27. The van der Waals surface area contributed by atoms with Crippen molar-refractivity contribution in [1.82, 2.24) is 10.9 Å². The van der Waals surface area contributed by atoms with Crippen LogP contribution in [0, 0.1) is 16.0 Å². The van der Waals surface area contributed by atoms with Gasteiger partial charge >= 0.3 is 0 Å². The van der Waals surface area contributed by atoms with E-state index in [1.807, 2.05) is 31.2 Å². The molecule has 1 saturated heterocycles. The first-order valence-corrected chi connectivity index (χ1v) is 9.13.